The second kappa shape index (κ2) is 8.62. The summed E-state index contributed by atoms with van der Waals surface area (Å²) in [5.74, 6) is -0.993. The molecular weight excluding hydrogens is 418 g/mol. The average Bonchev–Trinajstić information content (AvgIpc) is 3.42. The maximum atomic E-state index is 13.3. The number of ether oxygens (including phenoxy) is 1. The van der Waals surface area contributed by atoms with Crippen LogP contribution in [0.15, 0.2) is 82.7 Å². The molecule has 4 rings (SSSR count). The number of benzene rings is 2. The topological polar surface area (TPSA) is 80.0 Å². The molecule has 2 aromatic carbocycles. The average molecular weight is 446 g/mol. The van der Waals surface area contributed by atoms with Crippen molar-refractivity contribution in [1.82, 2.24) is 4.90 Å². The zero-order valence-electron chi connectivity index (χ0n) is 19.2. The van der Waals surface area contributed by atoms with E-state index in [4.69, 9.17) is 9.15 Å². The first kappa shape index (κ1) is 22.4. The summed E-state index contributed by atoms with van der Waals surface area (Å²) in [7, 11) is 1.56. The lowest BCUT2D eigenvalue weighted by atomic mass is 9.85. The van der Waals surface area contributed by atoms with Crippen LogP contribution in [0.25, 0.3) is 0 Å². The maximum Gasteiger partial charge on any atom is 0.290 e. The van der Waals surface area contributed by atoms with E-state index in [1.165, 1.54) is 17.2 Å². The predicted octanol–water partition coefficient (Wildman–Crippen LogP) is 5.36. The van der Waals surface area contributed by atoms with Gasteiger partial charge in [-0.05, 0) is 34.7 Å². The van der Waals surface area contributed by atoms with E-state index in [0.29, 0.717) is 5.75 Å². The van der Waals surface area contributed by atoms with Crippen molar-refractivity contribution in [3.05, 3.63) is 101 Å². The summed E-state index contributed by atoms with van der Waals surface area (Å²) in [6, 6.07) is 17.5. The Morgan fingerprint density at radius 3 is 2.36 bits per heavy atom. The highest BCUT2D eigenvalue weighted by molar-refractivity contribution is 6.15. The van der Waals surface area contributed by atoms with Crippen molar-refractivity contribution in [1.29, 1.82) is 0 Å². The summed E-state index contributed by atoms with van der Waals surface area (Å²) in [6.07, 6.45) is 1.39. The first-order valence-electron chi connectivity index (χ1n) is 10.8. The number of aliphatic hydroxyl groups is 1. The molecule has 0 aliphatic carbocycles. The fourth-order valence-electron chi connectivity index (χ4n) is 4.12. The van der Waals surface area contributed by atoms with Gasteiger partial charge in [0.1, 0.15) is 5.75 Å². The number of hydrogen-bond acceptors (Lipinski definition) is 5. The Balaban J connectivity index is 1.80. The first-order chi connectivity index (χ1) is 15.7. The Hall–Kier alpha value is -3.80. The van der Waals surface area contributed by atoms with Gasteiger partial charge in [0.25, 0.3) is 5.91 Å². The molecule has 1 unspecified atom stereocenters. The number of ketones is 1. The molecule has 1 aliphatic heterocycles. The highest BCUT2D eigenvalue weighted by Crippen LogP contribution is 2.41. The maximum absolute atomic E-state index is 13.3. The van der Waals surface area contributed by atoms with Crippen LogP contribution in [0, 0.1) is 0 Å². The fraction of sp³-hybridized carbons (Fsp3) is 0.259. The third kappa shape index (κ3) is 4.16. The van der Waals surface area contributed by atoms with Crippen molar-refractivity contribution in [2.45, 2.75) is 38.8 Å². The molecule has 0 saturated carbocycles. The van der Waals surface area contributed by atoms with Gasteiger partial charge in [0, 0.05) is 5.56 Å². The normalized spacial score (nSPS) is 16.4. The molecule has 3 aromatic rings. The Bertz CT molecular complexity index is 1200. The zero-order valence-corrected chi connectivity index (χ0v) is 19.2. The molecule has 0 saturated heterocycles. The number of carbonyl (C=O) groups is 2. The number of para-hydroxylation sites is 1. The van der Waals surface area contributed by atoms with Gasteiger partial charge in [-0.15, -0.1) is 0 Å². The number of furan rings is 1. The minimum absolute atomic E-state index is 0.00774. The third-order valence-electron chi connectivity index (χ3n) is 5.92. The molecule has 6 nitrogen and oxygen atoms in total. The number of rotatable bonds is 6. The van der Waals surface area contributed by atoms with Gasteiger partial charge >= 0.3 is 0 Å². The number of methoxy groups -OCH3 is 1. The molecule has 6 heteroatoms. The standard InChI is InChI=1S/C27H27NO5/c1-27(2,3)19-13-11-17(12-14-19)23-22(24(29)21-10-7-15-33-21)25(30)26(31)28(23)16-18-8-5-6-9-20(18)32-4/h5-15,23,30H,16H2,1-4H3. The number of carbonyl (C=O) groups excluding carboxylic acids is 2. The first-order valence-corrected chi connectivity index (χ1v) is 10.8. The van der Waals surface area contributed by atoms with Crippen molar-refractivity contribution in [2.75, 3.05) is 7.11 Å². The van der Waals surface area contributed by atoms with E-state index in [-0.39, 0.29) is 23.3 Å². The quantitative estimate of drug-likeness (QED) is 0.517. The lowest BCUT2D eigenvalue weighted by Crippen LogP contribution is -2.31. The number of nitrogens with zero attached hydrogens (tertiary/aromatic N) is 1. The summed E-state index contributed by atoms with van der Waals surface area (Å²) in [5, 5.41) is 10.8. The molecule has 1 N–H and O–H groups in total. The molecule has 0 spiro atoms. The van der Waals surface area contributed by atoms with Crippen molar-refractivity contribution >= 4 is 11.7 Å². The Labute approximate surface area is 193 Å². The molecule has 170 valence electrons. The largest absolute Gasteiger partial charge is 0.503 e. The van der Waals surface area contributed by atoms with Gasteiger partial charge in [-0.25, -0.2) is 0 Å². The highest BCUT2D eigenvalue weighted by atomic mass is 16.5. The van der Waals surface area contributed by atoms with Gasteiger partial charge in [0.05, 0.1) is 31.5 Å². The summed E-state index contributed by atoms with van der Waals surface area (Å²) >= 11 is 0. The van der Waals surface area contributed by atoms with Crippen molar-refractivity contribution < 1.29 is 23.8 Å². The lowest BCUT2D eigenvalue weighted by molar-refractivity contribution is -0.130. The second-order valence-corrected chi connectivity index (χ2v) is 9.09. The number of hydrogen-bond donors (Lipinski definition) is 1. The van der Waals surface area contributed by atoms with Crippen LogP contribution in [0.2, 0.25) is 0 Å². The SMILES string of the molecule is COc1ccccc1CN1C(=O)C(O)=C(C(=O)c2ccco2)C1c1ccc(C(C)(C)C)cc1. The van der Waals surface area contributed by atoms with Crippen LogP contribution >= 0.6 is 0 Å². The summed E-state index contributed by atoms with van der Waals surface area (Å²) in [4.78, 5) is 28.0. The molecule has 2 heterocycles. The van der Waals surface area contributed by atoms with E-state index in [2.05, 4.69) is 20.8 Å². The minimum atomic E-state index is -0.769. The fourth-order valence-corrected chi connectivity index (χ4v) is 4.12. The van der Waals surface area contributed by atoms with Gasteiger partial charge in [0.15, 0.2) is 11.5 Å². The second-order valence-electron chi connectivity index (χ2n) is 9.09. The number of amides is 1. The number of Topliss-reactive ketones (excluding diaryl/α,β-unsaturated/α-hetero) is 1. The minimum Gasteiger partial charge on any atom is -0.503 e. The predicted molar refractivity (Wildman–Crippen MR) is 124 cm³/mol. The van der Waals surface area contributed by atoms with Crippen LogP contribution < -0.4 is 4.74 Å². The van der Waals surface area contributed by atoms with Gasteiger partial charge in [-0.1, -0.05) is 63.2 Å². The van der Waals surface area contributed by atoms with Crippen molar-refractivity contribution in [2.24, 2.45) is 0 Å². The van der Waals surface area contributed by atoms with Gasteiger partial charge in [-0.3, -0.25) is 9.59 Å². The molecule has 1 atom stereocenters. The Kier molecular flexibility index (Phi) is 5.85. The van der Waals surface area contributed by atoms with E-state index < -0.39 is 23.5 Å². The van der Waals surface area contributed by atoms with Gasteiger partial charge in [-0.2, -0.15) is 0 Å². The molecule has 0 bridgehead atoms. The molecule has 1 aromatic heterocycles. The van der Waals surface area contributed by atoms with Crippen LogP contribution in [-0.2, 0) is 16.8 Å². The monoisotopic (exact) mass is 445 g/mol. The summed E-state index contributed by atoms with van der Waals surface area (Å²) in [5.41, 5.74) is 2.58. The zero-order chi connectivity index (χ0) is 23.8. The third-order valence-corrected chi connectivity index (χ3v) is 5.92. The van der Waals surface area contributed by atoms with E-state index in [1.54, 1.807) is 13.2 Å². The van der Waals surface area contributed by atoms with Crippen molar-refractivity contribution in [3.63, 3.8) is 0 Å². The lowest BCUT2D eigenvalue weighted by Gasteiger charge is -2.28. The molecule has 1 aliphatic rings. The summed E-state index contributed by atoms with van der Waals surface area (Å²) in [6.45, 7) is 6.51. The van der Waals surface area contributed by atoms with Crippen LogP contribution in [-0.4, -0.2) is 28.8 Å². The van der Waals surface area contributed by atoms with Crippen molar-refractivity contribution in [3.8, 4) is 5.75 Å². The molecule has 0 radical (unpaired) electrons. The smallest absolute Gasteiger partial charge is 0.290 e. The van der Waals surface area contributed by atoms with E-state index in [0.717, 1.165) is 16.7 Å². The molecule has 0 fully saturated rings. The Morgan fingerprint density at radius 2 is 1.76 bits per heavy atom. The molecule has 1 amide bonds. The van der Waals surface area contributed by atoms with Crippen LogP contribution in [0.1, 0.15) is 54.1 Å². The highest BCUT2D eigenvalue weighted by Gasteiger charge is 2.44. The summed E-state index contributed by atoms with van der Waals surface area (Å²) < 4.78 is 10.7. The van der Waals surface area contributed by atoms with E-state index in [1.807, 2.05) is 48.5 Å². The van der Waals surface area contributed by atoms with E-state index in [9.17, 15) is 14.7 Å². The van der Waals surface area contributed by atoms with E-state index >= 15 is 0 Å². The van der Waals surface area contributed by atoms with Gasteiger partial charge < -0.3 is 19.2 Å². The van der Waals surface area contributed by atoms with Crippen LogP contribution in [0.4, 0.5) is 0 Å². The Morgan fingerprint density at radius 1 is 1.06 bits per heavy atom. The number of aliphatic hydroxyl groups excluding tert-OH is 1. The molecular formula is C27H27NO5. The van der Waals surface area contributed by atoms with Gasteiger partial charge in [0.2, 0.25) is 5.78 Å². The molecule has 33 heavy (non-hydrogen) atoms. The van der Waals surface area contributed by atoms with Crippen LogP contribution in [0.3, 0.4) is 0 Å². The van der Waals surface area contributed by atoms with Crippen LogP contribution in [0.5, 0.6) is 5.75 Å².